The molecule has 0 saturated carbocycles. The smallest absolute Gasteiger partial charge is 0.255 e. The molecule has 6 heteroatoms. The number of nitrogens with zero attached hydrogens (tertiary/aromatic N) is 2. The van der Waals surface area contributed by atoms with Gasteiger partial charge in [0.1, 0.15) is 0 Å². The summed E-state index contributed by atoms with van der Waals surface area (Å²) in [6.45, 7) is 4.75. The van der Waals surface area contributed by atoms with Gasteiger partial charge in [0, 0.05) is 24.0 Å². The number of benzene rings is 1. The second-order valence-corrected chi connectivity index (χ2v) is 7.87. The van der Waals surface area contributed by atoms with Gasteiger partial charge in [0.15, 0.2) is 0 Å². The Morgan fingerprint density at radius 1 is 1.27 bits per heavy atom. The normalized spacial score (nSPS) is 19.6. The average Bonchev–Trinajstić information content (AvgIpc) is 3.16. The number of hydrogen-bond donors (Lipinski definition) is 0. The van der Waals surface area contributed by atoms with Crippen LogP contribution in [0.5, 0.6) is 0 Å². The predicted molar refractivity (Wildman–Crippen MR) is 102 cm³/mol. The van der Waals surface area contributed by atoms with E-state index in [9.17, 15) is 9.59 Å². The Kier molecular flexibility index (Phi) is 5.44. The van der Waals surface area contributed by atoms with E-state index < -0.39 is 5.92 Å². The lowest BCUT2D eigenvalue weighted by Crippen LogP contribution is -2.48. The molecule has 1 aliphatic rings. The second-order valence-electron chi connectivity index (χ2n) is 6.89. The summed E-state index contributed by atoms with van der Waals surface area (Å²) in [5, 5.41) is 3.24. The molecule has 0 N–H and O–H groups in total. The number of amides is 2. The molecule has 1 aromatic carbocycles. The fourth-order valence-corrected chi connectivity index (χ4v) is 4.39. The lowest BCUT2D eigenvalue weighted by Gasteiger charge is -2.42. The fraction of sp³-hybridized carbons (Fsp3) is 0.400. The topological polar surface area (TPSA) is 49.9 Å². The highest BCUT2D eigenvalue weighted by molar-refractivity contribution is 7.10. The van der Waals surface area contributed by atoms with Crippen molar-refractivity contribution in [3.63, 3.8) is 0 Å². The van der Waals surface area contributed by atoms with Crippen LogP contribution in [0, 0.1) is 5.92 Å². The molecule has 0 aliphatic carbocycles. The zero-order valence-electron chi connectivity index (χ0n) is 15.5. The molecule has 1 aliphatic heterocycles. The Bertz CT molecular complexity index is 788. The van der Waals surface area contributed by atoms with E-state index in [1.54, 1.807) is 18.4 Å². The third-order valence-electron chi connectivity index (χ3n) is 4.69. The molecule has 1 aromatic heterocycles. The summed E-state index contributed by atoms with van der Waals surface area (Å²) in [5.41, 5.74) is 1.37. The highest BCUT2D eigenvalue weighted by atomic mass is 32.1. The summed E-state index contributed by atoms with van der Waals surface area (Å²) in [4.78, 5) is 34.5. The Balaban J connectivity index is 2.19. The summed E-state index contributed by atoms with van der Waals surface area (Å²) >= 11 is 1.57. The summed E-state index contributed by atoms with van der Waals surface area (Å²) in [7, 11) is 3.09. The van der Waals surface area contributed by atoms with E-state index >= 15 is 0 Å². The minimum atomic E-state index is -0.494. The van der Waals surface area contributed by atoms with Gasteiger partial charge in [0.2, 0.25) is 0 Å². The molecule has 2 aromatic rings. The van der Waals surface area contributed by atoms with Crippen molar-refractivity contribution in [3.05, 3.63) is 57.8 Å². The Morgan fingerprint density at radius 3 is 2.62 bits per heavy atom. The molecule has 0 spiro atoms. The van der Waals surface area contributed by atoms with Crippen LogP contribution in [0.1, 0.15) is 46.6 Å². The third kappa shape index (κ3) is 3.27. The molecule has 2 heterocycles. The second kappa shape index (κ2) is 7.60. The summed E-state index contributed by atoms with van der Waals surface area (Å²) in [6, 6.07) is 11.0. The first-order valence-corrected chi connectivity index (χ1v) is 9.58. The molecule has 138 valence electrons. The van der Waals surface area contributed by atoms with Gasteiger partial charge in [-0.05, 0) is 29.0 Å². The van der Waals surface area contributed by atoms with Crippen LogP contribution in [0.3, 0.4) is 0 Å². The Morgan fingerprint density at radius 2 is 2.00 bits per heavy atom. The molecule has 2 atom stereocenters. The van der Waals surface area contributed by atoms with Crippen LogP contribution >= 0.6 is 11.3 Å². The van der Waals surface area contributed by atoms with Gasteiger partial charge in [0.25, 0.3) is 11.8 Å². The maximum Gasteiger partial charge on any atom is 0.255 e. The van der Waals surface area contributed by atoms with Crippen molar-refractivity contribution in [2.75, 3.05) is 20.7 Å². The number of hydrogen-bond acceptors (Lipinski definition) is 4. The van der Waals surface area contributed by atoms with Crippen LogP contribution in [0.4, 0.5) is 0 Å². The Labute approximate surface area is 158 Å². The number of fused-ring (bicyclic) bond motifs is 1. The molecule has 2 amide bonds. The summed E-state index contributed by atoms with van der Waals surface area (Å²) in [5.74, 6) is -0.370. The number of carbonyl (C=O) groups excluding carboxylic acids is 2. The van der Waals surface area contributed by atoms with Gasteiger partial charge in [-0.2, -0.15) is 0 Å². The van der Waals surface area contributed by atoms with Crippen LogP contribution in [0.15, 0.2) is 41.8 Å². The van der Waals surface area contributed by atoms with E-state index in [0.717, 1.165) is 10.4 Å². The van der Waals surface area contributed by atoms with Gasteiger partial charge in [-0.1, -0.05) is 38.1 Å². The predicted octanol–water partition coefficient (Wildman–Crippen LogP) is 3.70. The van der Waals surface area contributed by atoms with Crippen molar-refractivity contribution in [1.29, 1.82) is 0 Å². The van der Waals surface area contributed by atoms with Gasteiger partial charge < -0.3 is 4.90 Å². The van der Waals surface area contributed by atoms with Crippen LogP contribution < -0.4 is 0 Å². The van der Waals surface area contributed by atoms with E-state index in [-0.39, 0.29) is 17.9 Å². The molecule has 3 rings (SSSR count). The van der Waals surface area contributed by atoms with Gasteiger partial charge in [-0.3, -0.25) is 14.4 Å². The van der Waals surface area contributed by atoms with Gasteiger partial charge >= 0.3 is 0 Å². The van der Waals surface area contributed by atoms with Gasteiger partial charge in [-0.15, -0.1) is 11.3 Å². The Hall–Kier alpha value is -2.18. The number of thiophene rings is 1. The van der Waals surface area contributed by atoms with E-state index in [4.69, 9.17) is 4.84 Å². The summed E-state index contributed by atoms with van der Waals surface area (Å²) < 4.78 is 0. The lowest BCUT2D eigenvalue weighted by atomic mass is 9.81. The van der Waals surface area contributed by atoms with Crippen molar-refractivity contribution < 1.29 is 14.4 Å². The first-order valence-electron chi connectivity index (χ1n) is 8.70. The first-order chi connectivity index (χ1) is 12.5. The van der Waals surface area contributed by atoms with Crippen LogP contribution in [0.25, 0.3) is 0 Å². The minimum absolute atomic E-state index is 0.0168. The van der Waals surface area contributed by atoms with Crippen molar-refractivity contribution in [3.8, 4) is 0 Å². The average molecular weight is 372 g/mol. The molecule has 0 bridgehead atoms. The maximum absolute atomic E-state index is 13.2. The fourth-order valence-electron chi connectivity index (χ4n) is 3.52. The molecule has 26 heavy (non-hydrogen) atoms. The van der Waals surface area contributed by atoms with Crippen molar-refractivity contribution >= 4 is 23.2 Å². The van der Waals surface area contributed by atoms with Crippen molar-refractivity contribution in [2.24, 2.45) is 5.92 Å². The van der Waals surface area contributed by atoms with Gasteiger partial charge in [-0.25, -0.2) is 5.06 Å². The standard InChI is InChI=1S/C20H24N2O3S/c1-13(2)12-22-18(16-10-7-11-26-16)17(20(24)21(3)25-4)14-8-5-6-9-15(14)19(22)23/h5-11,13,17-18H,12H2,1-4H3. The number of rotatable bonds is 5. The highest BCUT2D eigenvalue weighted by Gasteiger charge is 2.45. The minimum Gasteiger partial charge on any atom is -0.329 e. The quantitative estimate of drug-likeness (QED) is 0.752. The SMILES string of the molecule is CON(C)C(=O)C1c2ccccc2C(=O)N(CC(C)C)C1c1cccs1. The van der Waals surface area contributed by atoms with Crippen LogP contribution in [-0.4, -0.2) is 42.5 Å². The maximum atomic E-state index is 13.2. The van der Waals surface area contributed by atoms with Crippen LogP contribution in [0.2, 0.25) is 0 Å². The van der Waals surface area contributed by atoms with Gasteiger partial charge in [0.05, 0.1) is 19.1 Å². The third-order valence-corrected chi connectivity index (χ3v) is 5.63. The van der Waals surface area contributed by atoms with Crippen molar-refractivity contribution in [2.45, 2.75) is 25.8 Å². The molecule has 2 unspecified atom stereocenters. The number of carbonyl (C=O) groups is 2. The lowest BCUT2D eigenvalue weighted by molar-refractivity contribution is -0.172. The molecule has 0 saturated heterocycles. The summed E-state index contributed by atoms with van der Waals surface area (Å²) in [6.07, 6.45) is 0. The zero-order chi connectivity index (χ0) is 18.8. The van der Waals surface area contributed by atoms with Crippen molar-refractivity contribution in [1.82, 2.24) is 9.96 Å². The molecule has 0 radical (unpaired) electrons. The van der Waals surface area contributed by atoms with E-state index in [1.807, 2.05) is 46.7 Å². The molecule has 5 nitrogen and oxygen atoms in total. The zero-order valence-corrected chi connectivity index (χ0v) is 16.3. The van der Waals surface area contributed by atoms with E-state index in [0.29, 0.717) is 18.0 Å². The molecular weight excluding hydrogens is 348 g/mol. The highest BCUT2D eigenvalue weighted by Crippen LogP contribution is 2.45. The van der Waals surface area contributed by atoms with E-state index in [2.05, 4.69) is 13.8 Å². The number of hydroxylamine groups is 2. The monoisotopic (exact) mass is 372 g/mol. The molecule has 0 fully saturated rings. The largest absolute Gasteiger partial charge is 0.329 e. The van der Waals surface area contributed by atoms with E-state index in [1.165, 1.54) is 12.2 Å². The first kappa shape index (κ1) is 18.6. The molecular formula is C20H24N2O3S. The van der Waals surface area contributed by atoms with Crippen LogP contribution in [-0.2, 0) is 9.63 Å². The number of likely N-dealkylation sites (N-methyl/N-ethyl adjacent to an activating group) is 1.